The molecule has 3 rings (SSSR count). The van der Waals surface area contributed by atoms with Crippen molar-refractivity contribution in [3.05, 3.63) is 64.2 Å². The average Bonchev–Trinajstić information content (AvgIpc) is 2.82. The zero-order valence-electron chi connectivity index (χ0n) is 17.3. The third-order valence-electron chi connectivity index (χ3n) is 5.90. The molecule has 1 atom stereocenters. The number of carbonyl (C=O) groups is 2. The maximum Gasteiger partial charge on any atom is 0.254 e. The van der Waals surface area contributed by atoms with Gasteiger partial charge in [0.15, 0.2) is 0 Å². The first-order valence-corrected chi connectivity index (χ1v) is 9.32. The maximum absolute atomic E-state index is 13.2. The standard InChI is InChI=1S/C23H28N2O2/c1-14-8-9-15(2)18(12-14)16(3)24(6)21(26)17-10-11-20-19(13-17)23(4,5)22(27)25(20)7/h8-13,16H,1-7H3. The minimum Gasteiger partial charge on any atom is -0.335 e. The first-order valence-electron chi connectivity index (χ1n) is 9.32. The van der Waals surface area contributed by atoms with E-state index in [4.69, 9.17) is 0 Å². The van der Waals surface area contributed by atoms with E-state index in [-0.39, 0.29) is 17.9 Å². The van der Waals surface area contributed by atoms with Gasteiger partial charge in [0.25, 0.3) is 5.91 Å². The molecule has 0 fully saturated rings. The van der Waals surface area contributed by atoms with Crippen molar-refractivity contribution in [1.29, 1.82) is 0 Å². The number of hydrogen-bond donors (Lipinski definition) is 0. The zero-order valence-corrected chi connectivity index (χ0v) is 17.3. The van der Waals surface area contributed by atoms with E-state index in [0.29, 0.717) is 5.56 Å². The topological polar surface area (TPSA) is 40.6 Å². The summed E-state index contributed by atoms with van der Waals surface area (Å²) in [6.45, 7) is 10.0. The molecule has 1 aliphatic rings. The van der Waals surface area contributed by atoms with Crippen LogP contribution in [-0.2, 0) is 10.2 Å². The largest absolute Gasteiger partial charge is 0.335 e. The van der Waals surface area contributed by atoms with E-state index in [1.165, 1.54) is 11.1 Å². The number of carbonyl (C=O) groups excluding carboxylic acids is 2. The van der Waals surface area contributed by atoms with E-state index in [1.807, 2.05) is 46.0 Å². The Morgan fingerprint density at radius 2 is 1.78 bits per heavy atom. The molecule has 0 saturated heterocycles. The number of likely N-dealkylation sites (N-methyl/N-ethyl adjacent to an activating group) is 1. The molecule has 27 heavy (non-hydrogen) atoms. The Kier molecular flexibility index (Phi) is 4.62. The summed E-state index contributed by atoms with van der Waals surface area (Å²) in [4.78, 5) is 29.1. The Morgan fingerprint density at radius 3 is 2.44 bits per heavy atom. The van der Waals surface area contributed by atoms with Gasteiger partial charge in [-0.25, -0.2) is 0 Å². The molecule has 0 spiro atoms. The van der Waals surface area contributed by atoms with E-state index in [0.717, 1.165) is 16.8 Å². The molecule has 0 radical (unpaired) electrons. The highest BCUT2D eigenvalue weighted by atomic mass is 16.2. The number of nitrogens with zero attached hydrogens (tertiary/aromatic N) is 2. The van der Waals surface area contributed by atoms with Crippen molar-refractivity contribution in [1.82, 2.24) is 4.90 Å². The predicted octanol–water partition coefficient (Wildman–Crippen LogP) is 4.39. The van der Waals surface area contributed by atoms with Crippen molar-refractivity contribution in [2.45, 2.75) is 46.1 Å². The molecule has 1 unspecified atom stereocenters. The van der Waals surface area contributed by atoms with Crippen LogP contribution in [0.2, 0.25) is 0 Å². The summed E-state index contributed by atoms with van der Waals surface area (Å²) >= 11 is 0. The van der Waals surface area contributed by atoms with E-state index in [1.54, 1.807) is 16.8 Å². The molecule has 1 heterocycles. The summed E-state index contributed by atoms with van der Waals surface area (Å²) in [6.07, 6.45) is 0. The number of rotatable bonds is 3. The summed E-state index contributed by atoms with van der Waals surface area (Å²) in [7, 11) is 3.62. The predicted molar refractivity (Wildman–Crippen MR) is 109 cm³/mol. The molecule has 0 N–H and O–H groups in total. The second-order valence-electron chi connectivity index (χ2n) is 8.17. The van der Waals surface area contributed by atoms with E-state index in [2.05, 4.69) is 32.0 Å². The SMILES string of the molecule is Cc1ccc(C)c(C(C)N(C)C(=O)c2ccc3c(c2)C(C)(C)C(=O)N3C)c1. The van der Waals surface area contributed by atoms with Gasteiger partial charge in [0.05, 0.1) is 11.5 Å². The summed E-state index contributed by atoms with van der Waals surface area (Å²) < 4.78 is 0. The fourth-order valence-corrected chi connectivity index (χ4v) is 3.90. The Bertz CT molecular complexity index is 930. The average molecular weight is 364 g/mol. The summed E-state index contributed by atoms with van der Waals surface area (Å²) in [5.74, 6) is 0.0169. The highest BCUT2D eigenvalue weighted by Crippen LogP contribution is 2.41. The summed E-state index contributed by atoms with van der Waals surface area (Å²) in [5, 5.41) is 0. The highest BCUT2D eigenvalue weighted by Gasteiger charge is 2.42. The van der Waals surface area contributed by atoms with Crippen molar-refractivity contribution in [2.24, 2.45) is 0 Å². The van der Waals surface area contributed by atoms with Crippen molar-refractivity contribution in [2.75, 3.05) is 19.0 Å². The van der Waals surface area contributed by atoms with Gasteiger partial charge in [0, 0.05) is 25.3 Å². The van der Waals surface area contributed by atoms with Crippen LogP contribution in [0.4, 0.5) is 5.69 Å². The maximum atomic E-state index is 13.2. The van der Waals surface area contributed by atoms with Crippen molar-refractivity contribution in [3.8, 4) is 0 Å². The van der Waals surface area contributed by atoms with Crippen LogP contribution in [-0.4, -0.2) is 30.8 Å². The van der Waals surface area contributed by atoms with Crippen LogP contribution < -0.4 is 4.90 Å². The minimum atomic E-state index is -0.613. The molecular weight excluding hydrogens is 336 g/mol. The molecule has 2 amide bonds. The van der Waals surface area contributed by atoms with Gasteiger partial charge in [-0.15, -0.1) is 0 Å². The van der Waals surface area contributed by atoms with Gasteiger partial charge < -0.3 is 9.80 Å². The van der Waals surface area contributed by atoms with Gasteiger partial charge in [0.1, 0.15) is 0 Å². The summed E-state index contributed by atoms with van der Waals surface area (Å²) in [6, 6.07) is 11.9. The van der Waals surface area contributed by atoms with Gasteiger partial charge in [-0.1, -0.05) is 23.8 Å². The van der Waals surface area contributed by atoms with Crippen LogP contribution in [0.1, 0.15) is 59.4 Å². The Morgan fingerprint density at radius 1 is 1.11 bits per heavy atom. The molecular formula is C23H28N2O2. The number of fused-ring (bicyclic) bond motifs is 1. The first-order chi connectivity index (χ1) is 12.6. The molecule has 1 aliphatic heterocycles. The van der Waals surface area contributed by atoms with Gasteiger partial charge in [-0.2, -0.15) is 0 Å². The van der Waals surface area contributed by atoms with E-state index in [9.17, 15) is 9.59 Å². The van der Waals surface area contributed by atoms with Crippen LogP contribution in [0.3, 0.4) is 0 Å². The summed E-state index contributed by atoms with van der Waals surface area (Å²) in [5.41, 5.74) is 5.31. The van der Waals surface area contributed by atoms with Crippen molar-refractivity contribution in [3.63, 3.8) is 0 Å². The number of amides is 2. The number of benzene rings is 2. The van der Waals surface area contributed by atoms with Crippen molar-refractivity contribution < 1.29 is 9.59 Å². The van der Waals surface area contributed by atoms with Gasteiger partial charge in [0.2, 0.25) is 5.91 Å². The van der Waals surface area contributed by atoms with E-state index < -0.39 is 5.41 Å². The van der Waals surface area contributed by atoms with E-state index >= 15 is 0 Å². The van der Waals surface area contributed by atoms with Crippen LogP contribution in [0.5, 0.6) is 0 Å². The molecule has 0 saturated carbocycles. The number of aryl methyl sites for hydroxylation is 2. The Balaban J connectivity index is 1.94. The number of hydrogen-bond acceptors (Lipinski definition) is 2. The molecule has 0 aromatic heterocycles. The van der Waals surface area contributed by atoms with Crippen LogP contribution in [0, 0.1) is 13.8 Å². The molecule has 0 bridgehead atoms. The third-order valence-corrected chi connectivity index (χ3v) is 5.90. The lowest BCUT2D eigenvalue weighted by Gasteiger charge is -2.27. The van der Waals surface area contributed by atoms with Crippen LogP contribution in [0.15, 0.2) is 36.4 Å². The fraction of sp³-hybridized carbons (Fsp3) is 0.391. The smallest absolute Gasteiger partial charge is 0.254 e. The second-order valence-corrected chi connectivity index (χ2v) is 8.17. The van der Waals surface area contributed by atoms with Gasteiger partial charge >= 0.3 is 0 Å². The molecule has 2 aromatic rings. The zero-order chi connectivity index (χ0) is 20.1. The molecule has 0 aliphatic carbocycles. The Hall–Kier alpha value is -2.62. The monoisotopic (exact) mass is 364 g/mol. The lowest BCUT2D eigenvalue weighted by molar-refractivity contribution is -0.121. The molecule has 4 heteroatoms. The molecule has 142 valence electrons. The van der Waals surface area contributed by atoms with Gasteiger partial charge in [-0.3, -0.25) is 9.59 Å². The first kappa shape index (κ1) is 19.2. The lowest BCUT2D eigenvalue weighted by Crippen LogP contribution is -2.33. The third kappa shape index (κ3) is 3.03. The molecule has 2 aromatic carbocycles. The van der Waals surface area contributed by atoms with Gasteiger partial charge in [-0.05, 0) is 69.5 Å². The number of anilines is 1. The molecule has 4 nitrogen and oxygen atoms in total. The fourth-order valence-electron chi connectivity index (χ4n) is 3.90. The highest BCUT2D eigenvalue weighted by molar-refractivity contribution is 6.08. The lowest BCUT2D eigenvalue weighted by atomic mass is 9.85. The Labute approximate surface area is 161 Å². The second kappa shape index (κ2) is 6.52. The minimum absolute atomic E-state index is 0.0380. The normalized spacial score (nSPS) is 16.3. The quantitative estimate of drug-likeness (QED) is 0.810. The van der Waals surface area contributed by atoms with Crippen LogP contribution >= 0.6 is 0 Å². The van der Waals surface area contributed by atoms with Crippen molar-refractivity contribution >= 4 is 17.5 Å². The van der Waals surface area contributed by atoms with Crippen LogP contribution in [0.25, 0.3) is 0 Å².